The van der Waals surface area contributed by atoms with E-state index in [0.29, 0.717) is 0 Å². The van der Waals surface area contributed by atoms with E-state index in [4.69, 9.17) is 0 Å². The number of rotatable bonds is 2. The van der Waals surface area contributed by atoms with Crippen LogP contribution in [-0.2, 0) is 20.1 Å². The molecular weight excluding hydrogens is 402 g/mol. The van der Waals surface area contributed by atoms with Crippen LogP contribution in [0.1, 0.15) is 0 Å². The SMILES string of the molecule is [Ir+3].c1ccc(-c2nncn2-c2ccccc2)cc1. The van der Waals surface area contributed by atoms with Crippen LogP contribution >= 0.6 is 0 Å². The van der Waals surface area contributed by atoms with Crippen molar-refractivity contribution in [2.24, 2.45) is 0 Å². The van der Waals surface area contributed by atoms with Gasteiger partial charge in [-0.25, -0.2) is 0 Å². The van der Waals surface area contributed by atoms with Gasteiger partial charge in [-0.15, -0.1) is 10.2 Å². The molecule has 0 aliphatic rings. The fourth-order valence-corrected chi connectivity index (χ4v) is 1.80. The maximum absolute atomic E-state index is 4.18. The Bertz CT molecular complexity index is 551. The number of nitrogens with zero attached hydrogens (tertiary/aromatic N) is 3. The van der Waals surface area contributed by atoms with Crippen LogP contribution in [0.5, 0.6) is 0 Å². The van der Waals surface area contributed by atoms with Crippen molar-refractivity contribution >= 4 is 0 Å². The first-order valence-electron chi connectivity index (χ1n) is 5.46. The summed E-state index contributed by atoms with van der Waals surface area (Å²) >= 11 is 0. The quantitative estimate of drug-likeness (QED) is 0.647. The molecule has 0 radical (unpaired) electrons. The van der Waals surface area contributed by atoms with Gasteiger partial charge in [0.1, 0.15) is 6.33 Å². The summed E-state index contributed by atoms with van der Waals surface area (Å²) in [7, 11) is 0. The normalized spacial score (nSPS) is 9.78. The zero-order valence-electron chi connectivity index (χ0n) is 9.53. The molecule has 0 aliphatic carbocycles. The molecule has 88 valence electrons. The van der Waals surface area contributed by atoms with E-state index in [-0.39, 0.29) is 20.1 Å². The van der Waals surface area contributed by atoms with Gasteiger partial charge in [0, 0.05) is 11.3 Å². The molecule has 0 saturated heterocycles. The molecule has 4 heteroatoms. The molecule has 18 heavy (non-hydrogen) atoms. The summed E-state index contributed by atoms with van der Waals surface area (Å²) in [6.45, 7) is 0. The molecule has 1 heterocycles. The van der Waals surface area contributed by atoms with Gasteiger partial charge in [0.15, 0.2) is 5.82 Å². The summed E-state index contributed by atoms with van der Waals surface area (Å²) in [6.07, 6.45) is 1.73. The summed E-state index contributed by atoms with van der Waals surface area (Å²) in [6, 6.07) is 20.1. The number of hydrogen-bond donors (Lipinski definition) is 0. The fraction of sp³-hybridized carbons (Fsp3) is 0. The Hall–Kier alpha value is -1.77. The van der Waals surface area contributed by atoms with Crippen LogP contribution in [0.25, 0.3) is 17.1 Å². The predicted molar refractivity (Wildman–Crippen MR) is 66.8 cm³/mol. The van der Waals surface area contributed by atoms with Crippen molar-refractivity contribution < 1.29 is 20.1 Å². The molecule has 2 aromatic carbocycles. The molecule has 0 saturated carbocycles. The molecule has 0 N–H and O–H groups in total. The van der Waals surface area contributed by atoms with Crippen LogP contribution in [0, 0.1) is 0 Å². The maximum atomic E-state index is 4.18. The molecule has 0 fully saturated rings. The zero-order valence-corrected chi connectivity index (χ0v) is 11.9. The van der Waals surface area contributed by atoms with E-state index in [2.05, 4.69) is 10.2 Å². The predicted octanol–water partition coefficient (Wildman–Crippen LogP) is 2.93. The van der Waals surface area contributed by atoms with Gasteiger partial charge < -0.3 is 0 Å². The molecule has 1 aromatic heterocycles. The molecule has 0 aliphatic heterocycles. The van der Waals surface area contributed by atoms with E-state index in [1.54, 1.807) is 6.33 Å². The summed E-state index contributed by atoms with van der Waals surface area (Å²) in [5, 5.41) is 8.16. The van der Waals surface area contributed by atoms with Crippen molar-refractivity contribution in [2.75, 3.05) is 0 Å². The van der Waals surface area contributed by atoms with Crippen molar-refractivity contribution in [2.45, 2.75) is 0 Å². The molecule has 3 rings (SSSR count). The summed E-state index contributed by atoms with van der Waals surface area (Å²) < 4.78 is 1.98. The van der Waals surface area contributed by atoms with Crippen molar-refractivity contribution in [1.29, 1.82) is 0 Å². The Morgan fingerprint density at radius 2 is 1.39 bits per heavy atom. The van der Waals surface area contributed by atoms with Gasteiger partial charge in [-0.1, -0.05) is 48.5 Å². The van der Waals surface area contributed by atoms with Crippen molar-refractivity contribution in [3.05, 3.63) is 67.0 Å². The molecule has 0 bridgehead atoms. The molecule has 3 aromatic rings. The van der Waals surface area contributed by atoms with Crippen LogP contribution in [-0.4, -0.2) is 14.8 Å². The molecule has 0 spiro atoms. The van der Waals surface area contributed by atoms with Crippen molar-refractivity contribution in [3.63, 3.8) is 0 Å². The third-order valence-corrected chi connectivity index (χ3v) is 2.61. The van der Waals surface area contributed by atoms with Crippen LogP contribution in [0.3, 0.4) is 0 Å². The average Bonchev–Trinajstić information content (AvgIpc) is 2.90. The third kappa shape index (κ3) is 2.40. The minimum atomic E-state index is 0. The molecule has 3 nitrogen and oxygen atoms in total. The number of para-hydroxylation sites is 1. The Morgan fingerprint density at radius 3 is 2.06 bits per heavy atom. The Kier molecular flexibility index (Phi) is 4.03. The summed E-state index contributed by atoms with van der Waals surface area (Å²) in [4.78, 5) is 0. The minimum Gasteiger partial charge on any atom is -0.282 e. The largest absolute Gasteiger partial charge is 3.00 e. The van der Waals surface area contributed by atoms with Crippen LogP contribution in [0.4, 0.5) is 0 Å². The van der Waals surface area contributed by atoms with Crippen LogP contribution < -0.4 is 0 Å². The van der Waals surface area contributed by atoms with E-state index >= 15 is 0 Å². The number of benzene rings is 2. The van der Waals surface area contributed by atoms with Crippen molar-refractivity contribution in [3.8, 4) is 17.1 Å². The first-order chi connectivity index (χ1) is 8.45. The minimum absolute atomic E-state index is 0. The van der Waals surface area contributed by atoms with Gasteiger partial charge in [-0.05, 0) is 12.1 Å². The fourth-order valence-electron chi connectivity index (χ4n) is 1.80. The molecule has 0 atom stereocenters. The van der Waals surface area contributed by atoms with E-state index in [1.807, 2.05) is 65.2 Å². The van der Waals surface area contributed by atoms with Gasteiger partial charge in [-0.3, -0.25) is 4.57 Å². The van der Waals surface area contributed by atoms with Crippen LogP contribution in [0.15, 0.2) is 67.0 Å². The first kappa shape index (κ1) is 12.7. The Morgan fingerprint density at radius 1 is 0.778 bits per heavy atom. The topological polar surface area (TPSA) is 30.7 Å². The van der Waals surface area contributed by atoms with E-state index in [9.17, 15) is 0 Å². The maximum Gasteiger partial charge on any atom is 3.00 e. The van der Waals surface area contributed by atoms with E-state index in [0.717, 1.165) is 17.1 Å². The number of hydrogen-bond acceptors (Lipinski definition) is 2. The zero-order chi connectivity index (χ0) is 11.5. The van der Waals surface area contributed by atoms with Gasteiger partial charge in [0.05, 0.1) is 0 Å². The van der Waals surface area contributed by atoms with E-state index < -0.39 is 0 Å². The van der Waals surface area contributed by atoms with Crippen LogP contribution in [0.2, 0.25) is 0 Å². The summed E-state index contributed by atoms with van der Waals surface area (Å²) in [5.74, 6) is 0.858. The smallest absolute Gasteiger partial charge is 0.282 e. The second-order valence-electron chi connectivity index (χ2n) is 3.73. The third-order valence-electron chi connectivity index (χ3n) is 2.61. The average molecular weight is 413 g/mol. The van der Waals surface area contributed by atoms with Gasteiger partial charge >= 0.3 is 20.1 Å². The number of aromatic nitrogens is 3. The Labute approximate surface area is 119 Å². The van der Waals surface area contributed by atoms with Gasteiger partial charge in [0.2, 0.25) is 0 Å². The van der Waals surface area contributed by atoms with Crippen molar-refractivity contribution in [1.82, 2.24) is 14.8 Å². The van der Waals surface area contributed by atoms with Gasteiger partial charge in [-0.2, -0.15) is 0 Å². The van der Waals surface area contributed by atoms with Gasteiger partial charge in [0.25, 0.3) is 0 Å². The summed E-state index contributed by atoms with van der Waals surface area (Å²) in [5.41, 5.74) is 2.13. The standard InChI is InChI=1S/C14H11N3.Ir/c1-3-7-12(8-4-1)14-16-15-11-17(14)13-9-5-2-6-10-13;/h1-11H;/q;+3. The second-order valence-corrected chi connectivity index (χ2v) is 3.73. The second kappa shape index (κ2) is 5.71. The monoisotopic (exact) mass is 414 g/mol. The molecular formula is C14H11IrN3+3. The molecule has 0 amide bonds. The molecule has 0 unspecified atom stereocenters. The Balaban J connectivity index is 0.00000120. The van der Waals surface area contributed by atoms with E-state index in [1.165, 1.54) is 0 Å². The first-order valence-corrected chi connectivity index (χ1v) is 5.46.